The van der Waals surface area contributed by atoms with Crippen LogP contribution in [0.4, 0.5) is 0 Å². The molecule has 0 radical (unpaired) electrons. The zero-order valence-electron chi connectivity index (χ0n) is 20.7. The molecule has 8 heteroatoms. The van der Waals surface area contributed by atoms with Crippen LogP contribution in [0.5, 0.6) is 5.75 Å². The van der Waals surface area contributed by atoms with Gasteiger partial charge in [0.25, 0.3) is 0 Å². The van der Waals surface area contributed by atoms with E-state index in [2.05, 4.69) is 0 Å². The molecule has 194 valence electrons. The lowest BCUT2D eigenvalue weighted by Gasteiger charge is -2.31. The first-order valence-corrected chi connectivity index (χ1v) is 12.8. The van der Waals surface area contributed by atoms with E-state index in [9.17, 15) is 24.6 Å². The molecule has 8 nitrogen and oxygen atoms in total. The van der Waals surface area contributed by atoms with Crippen LogP contribution < -0.4 is 0 Å². The third kappa shape index (κ3) is 5.39. The summed E-state index contributed by atoms with van der Waals surface area (Å²) in [5, 5.41) is 28.9. The van der Waals surface area contributed by atoms with Gasteiger partial charge in [-0.25, -0.2) is 0 Å². The number of unbranched alkanes of at least 4 members (excludes halogenated alkanes) is 2. The quantitative estimate of drug-likeness (QED) is 0.243. The van der Waals surface area contributed by atoms with Crippen LogP contribution in [0.1, 0.15) is 57.4 Å². The Morgan fingerprint density at radius 2 is 1.89 bits per heavy atom. The fraction of sp³-hybridized carbons (Fsp3) is 0.536. The molecule has 4 atom stereocenters. The molecule has 4 rings (SSSR count). The number of amides is 2. The number of para-hydroxylation sites is 1. The number of allylic oxidation sites excluding steroid dienone is 1. The van der Waals surface area contributed by atoms with E-state index in [1.54, 1.807) is 12.1 Å². The van der Waals surface area contributed by atoms with Crippen molar-refractivity contribution in [3.8, 4) is 5.75 Å². The predicted octanol–water partition coefficient (Wildman–Crippen LogP) is 3.53. The predicted molar refractivity (Wildman–Crippen MR) is 133 cm³/mol. The second-order valence-electron chi connectivity index (χ2n) is 10.1. The van der Waals surface area contributed by atoms with Crippen molar-refractivity contribution in [1.82, 2.24) is 4.90 Å². The minimum Gasteiger partial charge on any atom is -0.507 e. The van der Waals surface area contributed by atoms with Gasteiger partial charge in [-0.05, 0) is 56.2 Å². The van der Waals surface area contributed by atoms with Crippen LogP contribution in [-0.4, -0.2) is 63.9 Å². The maximum Gasteiger partial charge on any atom is 0.303 e. The zero-order chi connectivity index (χ0) is 25.8. The highest BCUT2D eigenvalue weighted by atomic mass is 16.5. The van der Waals surface area contributed by atoms with Crippen LogP contribution in [0.2, 0.25) is 0 Å². The van der Waals surface area contributed by atoms with Gasteiger partial charge in [-0.2, -0.15) is 0 Å². The summed E-state index contributed by atoms with van der Waals surface area (Å²) in [6, 6.07) is 7.16. The molecular formula is C28H35NO7. The summed E-state index contributed by atoms with van der Waals surface area (Å²) in [7, 11) is 0. The van der Waals surface area contributed by atoms with Gasteiger partial charge in [-0.3, -0.25) is 19.3 Å². The van der Waals surface area contributed by atoms with Gasteiger partial charge < -0.3 is 20.1 Å². The van der Waals surface area contributed by atoms with Gasteiger partial charge in [0.15, 0.2) is 0 Å². The van der Waals surface area contributed by atoms with Crippen molar-refractivity contribution in [3.63, 3.8) is 0 Å². The van der Waals surface area contributed by atoms with Crippen molar-refractivity contribution in [1.29, 1.82) is 0 Å². The normalized spacial score (nSPS) is 25.9. The Kier molecular flexibility index (Phi) is 8.26. The van der Waals surface area contributed by atoms with Crippen molar-refractivity contribution in [3.05, 3.63) is 46.5 Å². The number of fused-ring (bicyclic) bond motifs is 3. The molecule has 0 aromatic heterocycles. The number of rotatable bonds is 11. The number of ether oxygens (including phenoxy) is 1. The number of aliphatic carboxylic acids is 1. The van der Waals surface area contributed by atoms with Gasteiger partial charge in [0.05, 0.1) is 31.2 Å². The van der Waals surface area contributed by atoms with E-state index in [1.165, 1.54) is 4.90 Å². The molecule has 1 aromatic carbocycles. The van der Waals surface area contributed by atoms with Gasteiger partial charge in [0.1, 0.15) is 5.75 Å². The lowest BCUT2D eigenvalue weighted by Crippen LogP contribution is -2.35. The lowest BCUT2D eigenvalue weighted by atomic mass is 9.69. The first-order chi connectivity index (χ1) is 17.3. The van der Waals surface area contributed by atoms with Gasteiger partial charge in [-0.1, -0.05) is 36.3 Å². The van der Waals surface area contributed by atoms with Crippen LogP contribution in [-0.2, 0) is 19.1 Å². The Bertz CT molecular complexity index is 1080. The number of imide groups is 1. The molecule has 1 aromatic rings. The molecule has 2 amide bonds. The summed E-state index contributed by atoms with van der Waals surface area (Å²) in [6.45, 7) is 2.52. The van der Waals surface area contributed by atoms with Gasteiger partial charge in [0.2, 0.25) is 11.8 Å². The molecule has 2 fully saturated rings. The number of hydrogen-bond donors (Lipinski definition) is 3. The van der Waals surface area contributed by atoms with Crippen LogP contribution in [0.3, 0.4) is 0 Å². The first-order valence-electron chi connectivity index (χ1n) is 12.8. The fourth-order valence-corrected chi connectivity index (χ4v) is 5.93. The van der Waals surface area contributed by atoms with Crippen molar-refractivity contribution in [2.75, 3.05) is 19.8 Å². The Morgan fingerprint density at radius 3 is 2.61 bits per heavy atom. The maximum absolute atomic E-state index is 13.3. The summed E-state index contributed by atoms with van der Waals surface area (Å²) < 4.78 is 6.14. The number of nitrogens with zero attached hydrogens (tertiary/aromatic N) is 1. The minimum absolute atomic E-state index is 0.0856. The number of aliphatic hydroxyl groups is 1. The van der Waals surface area contributed by atoms with Crippen molar-refractivity contribution in [2.45, 2.75) is 58.0 Å². The summed E-state index contributed by atoms with van der Waals surface area (Å²) >= 11 is 0. The molecule has 0 unspecified atom stereocenters. The van der Waals surface area contributed by atoms with E-state index in [1.807, 2.05) is 25.1 Å². The molecule has 0 spiro atoms. The van der Waals surface area contributed by atoms with Crippen molar-refractivity contribution >= 4 is 23.9 Å². The number of carboxylic acid groups (broad SMARTS) is 1. The second kappa shape index (κ2) is 11.4. The molecule has 0 saturated carbocycles. The third-order valence-electron chi connectivity index (χ3n) is 7.70. The number of carbonyl (C=O) groups is 3. The minimum atomic E-state index is -0.843. The molecule has 1 aliphatic carbocycles. The number of aromatic hydroxyl groups is 1. The van der Waals surface area contributed by atoms with Crippen LogP contribution in [0.25, 0.3) is 6.08 Å². The highest BCUT2D eigenvalue weighted by Gasteiger charge is 2.56. The maximum atomic E-state index is 13.3. The Hall–Kier alpha value is -2.97. The monoisotopic (exact) mass is 497 g/mol. The number of phenolic OH excluding ortho intramolecular Hbond substituents is 1. The van der Waals surface area contributed by atoms with E-state index in [0.29, 0.717) is 45.3 Å². The first kappa shape index (κ1) is 26.1. The Morgan fingerprint density at radius 1 is 1.11 bits per heavy atom. The van der Waals surface area contributed by atoms with Gasteiger partial charge >= 0.3 is 5.97 Å². The molecule has 3 aliphatic rings. The molecule has 2 saturated heterocycles. The lowest BCUT2D eigenvalue weighted by molar-refractivity contribution is -0.141. The van der Waals surface area contributed by atoms with E-state index < -0.39 is 17.8 Å². The van der Waals surface area contributed by atoms with E-state index in [4.69, 9.17) is 9.84 Å². The number of carbonyl (C=O) groups excluding carboxylic acids is 2. The topological polar surface area (TPSA) is 124 Å². The zero-order valence-corrected chi connectivity index (χ0v) is 20.7. The van der Waals surface area contributed by atoms with Crippen molar-refractivity contribution in [2.24, 2.45) is 17.8 Å². The molecular weight excluding hydrogens is 462 g/mol. The Labute approximate surface area is 211 Å². The number of hydrogen-bond acceptors (Lipinski definition) is 6. The smallest absolute Gasteiger partial charge is 0.303 e. The number of aliphatic hydroxyl groups excluding tert-OH is 1. The van der Waals surface area contributed by atoms with Gasteiger partial charge in [0, 0.05) is 24.4 Å². The number of carboxylic acids is 1. The molecule has 2 heterocycles. The number of likely N-dealkylation sites (tertiary alicyclic amines) is 1. The molecule has 36 heavy (non-hydrogen) atoms. The highest BCUT2D eigenvalue weighted by Crippen LogP contribution is 2.49. The van der Waals surface area contributed by atoms with E-state index >= 15 is 0 Å². The van der Waals surface area contributed by atoms with Crippen LogP contribution >= 0.6 is 0 Å². The van der Waals surface area contributed by atoms with E-state index in [-0.39, 0.29) is 42.6 Å². The summed E-state index contributed by atoms with van der Waals surface area (Å²) in [5.41, 5.74) is 3.65. The second-order valence-corrected chi connectivity index (χ2v) is 10.1. The third-order valence-corrected chi connectivity index (χ3v) is 7.70. The Balaban J connectivity index is 1.42. The number of phenols is 1. The molecule has 0 bridgehead atoms. The SMILES string of the molecule is C/C(=C\c1ccccc1O)CC[C@H]1OC[C@H]2C1=C(CO)C[C@H]1C(=O)N(CCCCCC(=O)O)C(=O)[C@H]12. The highest BCUT2D eigenvalue weighted by molar-refractivity contribution is 6.06. The largest absolute Gasteiger partial charge is 0.507 e. The van der Waals surface area contributed by atoms with Crippen molar-refractivity contribution < 1.29 is 34.4 Å². The molecule has 3 N–H and O–H groups in total. The van der Waals surface area contributed by atoms with Crippen LogP contribution in [0.15, 0.2) is 41.0 Å². The van der Waals surface area contributed by atoms with Gasteiger partial charge in [-0.15, -0.1) is 0 Å². The summed E-state index contributed by atoms with van der Waals surface area (Å²) in [6.07, 6.45) is 5.38. The number of benzene rings is 1. The van der Waals surface area contributed by atoms with Crippen LogP contribution in [0, 0.1) is 17.8 Å². The standard InChI is InChI=1S/C28H35NO7/c1-17(13-18-7-4-5-8-22(18)31)10-11-23-25-19(15-30)14-20-26(21(25)16-36-23)28(35)29(27(20)34)12-6-2-3-9-24(32)33/h4-5,7-8,13,20-21,23,26,30-31H,2-3,6,9-12,14-16H2,1H3,(H,32,33)/b17-13+/t20-,21+,23-,26-/m1/s1. The summed E-state index contributed by atoms with van der Waals surface area (Å²) in [5.74, 6) is -2.08. The average Bonchev–Trinajstić information content (AvgIpc) is 3.37. The molecule has 2 aliphatic heterocycles. The van der Waals surface area contributed by atoms with E-state index in [0.717, 1.165) is 28.7 Å². The summed E-state index contributed by atoms with van der Waals surface area (Å²) in [4.78, 5) is 38.5. The average molecular weight is 498 g/mol. The fourth-order valence-electron chi connectivity index (χ4n) is 5.93.